The molecule has 1 amide bonds. The van der Waals surface area contributed by atoms with Crippen molar-refractivity contribution in [3.63, 3.8) is 0 Å². The second-order valence-corrected chi connectivity index (χ2v) is 9.18. The summed E-state index contributed by atoms with van der Waals surface area (Å²) in [4.78, 5) is 15.1. The maximum absolute atomic E-state index is 13.0. The van der Waals surface area contributed by atoms with Crippen molar-refractivity contribution >= 4 is 15.9 Å². The second kappa shape index (κ2) is 9.00. The Morgan fingerprint density at radius 1 is 1.12 bits per heavy atom. The number of hydrogen-bond donors (Lipinski definition) is 0. The van der Waals surface area contributed by atoms with Gasteiger partial charge in [0.2, 0.25) is 15.9 Å². The van der Waals surface area contributed by atoms with Crippen LogP contribution < -0.4 is 0 Å². The number of benzene rings is 1. The Bertz CT molecular complexity index is 717. The molecule has 1 aromatic carbocycles. The lowest BCUT2D eigenvalue weighted by molar-refractivity contribution is -0.136. The van der Waals surface area contributed by atoms with Crippen molar-refractivity contribution in [2.45, 2.75) is 58.3 Å². The number of carbonyl (C=O) groups is 1. The molecule has 0 aromatic heterocycles. The monoisotopic (exact) mass is 380 g/mol. The van der Waals surface area contributed by atoms with Gasteiger partial charge in [0, 0.05) is 32.1 Å². The molecule has 0 spiro atoms. The fourth-order valence-electron chi connectivity index (χ4n) is 3.70. The molecule has 0 saturated carbocycles. The lowest BCUT2D eigenvalue weighted by Crippen LogP contribution is -2.44. The van der Waals surface area contributed by atoms with Gasteiger partial charge in [-0.1, -0.05) is 31.5 Å². The summed E-state index contributed by atoms with van der Waals surface area (Å²) in [5.41, 5.74) is 1.83. The first-order valence-electron chi connectivity index (χ1n) is 9.67. The van der Waals surface area contributed by atoms with Crippen molar-refractivity contribution in [3.8, 4) is 0 Å². The number of nitrogens with zero attached hydrogens (tertiary/aromatic N) is 2. The molecule has 2 rings (SSSR count). The summed E-state index contributed by atoms with van der Waals surface area (Å²) in [7, 11) is -3.49. The maximum atomic E-state index is 13.0. The van der Waals surface area contributed by atoms with Gasteiger partial charge in [0.25, 0.3) is 0 Å². The molecule has 0 radical (unpaired) electrons. The minimum Gasteiger partial charge on any atom is -0.342 e. The molecule has 6 heteroatoms. The van der Waals surface area contributed by atoms with Crippen molar-refractivity contribution in [1.82, 2.24) is 9.21 Å². The minimum atomic E-state index is -3.49. The third-order valence-electron chi connectivity index (χ3n) is 5.05. The Morgan fingerprint density at radius 3 is 2.19 bits per heavy atom. The number of aryl methyl sites for hydroxylation is 2. The molecule has 0 unspecified atom stereocenters. The Kier molecular flexibility index (Phi) is 7.24. The van der Waals surface area contributed by atoms with Gasteiger partial charge in [-0.2, -0.15) is 4.31 Å². The highest BCUT2D eigenvalue weighted by Crippen LogP contribution is 2.27. The van der Waals surface area contributed by atoms with E-state index in [0.717, 1.165) is 37.1 Å². The smallest absolute Gasteiger partial charge is 0.243 e. The molecular weight excluding hydrogens is 348 g/mol. The summed E-state index contributed by atoms with van der Waals surface area (Å²) in [5.74, 6) is 0.135. The molecule has 5 nitrogen and oxygen atoms in total. The first kappa shape index (κ1) is 20.9. The maximum Gasteiger partial charge on any atom is 0.243 e. The Labute approximate surface area is 158 Å². The van der Waals surface area contributed by atoms with E-state index in [1.165, 1.54) is 0 Å². The van der Waals surface area contributed by atoms with Crippen molar-refractivity contribution < 1.29 is 13.2 Å². The van der Waals surface area contributed by atoms with E-state index in [4.69, 9.17) is 0 Å². The van der Waals surface area contributed by atoms with Crippen molar-refractivity contribution in [1.29, 1.82) is 0 Å². The molecule has 0 bridgehead atoms. The molecular formula is C20H32N2O3S. The molecule has 1 aromatic rings. The van der Waals surface area contributed by atoms with Gasteiger partial charge in [-0.05, 0) is 51.2 Å². The van der Waals surface area contributed by atoms with Crippen LogP contribution in [0.3, 0.4) is 0 Å². The lowest BCUT2D eigenvalue weighted by Gasteiger charge is -2.34. The molecule has 0 atom stereocenters. The van der Waals surface area contributed by atoms with E-state index >= 15 is 0 Å². The van der Waals surface area contributed by atoms with E-state index in [-0.39, 0.29) is 11.8 Å². The van der Waals surface area contributed by atoms with Crippen LogP contribution in [0.4, 0.5) is 0 Å². The van der Waals surface area contributed by atoms with Crippen LogP contribution in [0.5, 0.6) is 0 Å². The van der Waals surface area contributed by atoms with Gasteiger partial charge in [0.05, 0.1) is 4.90 Å². The molecule has 1 heterocycles. The molecule has 1 fully saturated rings. The number of piperidine rings is 1. The summed E-state index contributed by atoms with van der Waals surface area (Å²) in [6, 6.07) is 5.43. The number of hydrogen-bond acceptors (Lipinski definition) is 3. The Hall–Kier alpha value is -1.40. The van der Waals surface area contributed by atoms with Gasteiger partial charge in [-0.3, -0.25) is 4.79 Å². The predicted octanol–water partition coefficient (Wildman–Crippen LogP) is 3.35. The predicted molar refractivity (Wildman–Crippen MR) is 105 cm³/mol. The molecule has 1 aliphatic rings. The van der Waals surface area contributed by atoms with Crippen molar-refractivity contribution in [3.05, 3.63) is 29.3 Å². The third-order valence-corrected chi connectivity index (χ3v) is 7.11. The highest BCUT2D eigenvalue weighted by Gasteiger charge is 2.34. The van der Waals surface area contributed by atoms with E-state index < -0.39 is 10.0 Å². The number of carbonyl (C=O) groups excluding carboxylic acids is 1. The van der Waals surface area contributed by atoms with E-state index in [9.17, 15) is 13.2 Å². The standard InChI is InChI=1S/C20H32N2O3S/c1-5-11-21(12-6-2)20(23)18-9-13-22(14-10-18)26(24,25)19-8-7-16(3)15-17(19)4/h7-8,15,18H,5-6,9-14H2,1-4H3. The van der Waals surface area contributed by atoms with Crippen molar-refractivity contribution in [2.24, 2.45) is 5.92 Å². The average molecular weight is 381 g/mol. The van der Waals surface area contributed by atoms with E-state index in [2.05, 4.69) is 13.8 Å². The van der Waals surface area contributed by atoms with Gasteiger partial charge in [-0.15, -0.1) is 0 Å². The fourth-order valence-corrected chi connectivity index (χ4v) is 5.38. The third kappa shape index (κ3) is 4.65. The molecule has 26 heavy (non-hydrogen) atoms. The summed E-state index contributed by atoms with van der Waals surface area (Å²) in [5, 5.41) is 0. The van der Waals surface area contributed by atoms with E-state index in [0.29, 0.717) is 30.8 Å². The van der Waals surface area contributed by atoms with Gasteiger partial charge in [0.15, 0.2) is 0 Å². The first-order valence-corrected chi connectivity index (χ1v) is 11.1. The normalized spacial score (nSPS) is 16.6. The zero-order chi connectivity index (χ0) is 19.3. The molecule has 1 saturated heterocycles. The first-order chi connectivity index (χ1) is 12.3. The summed E-state index contributed by atoms with van der Waals surface area (Å²) in [6.45, 7) is 10.4. The van der Waals surface area contributed by atoms with Crippen LogP contribution in [0.2, 0.25) is 0 Å². The van der Waals surface area contributed by atoms with Crippen LogP contribution in [-0.2, 0) is 14.8 Å². The molecule has 0 N–H and O–H groups in total. The van der Waals surface area contributed by atoms with Crippen LogP contribution in [-0.4, -0.2) is 49.7 Å². The number of rotatable bonds is 7. The van der Waals surface area contributed by atoms with Crippen LogP contribution >= 0.6 is 0 Å². The van der Waals surface area contributed by atoms with E-state index in [1.54, 1.807) is 10.4 Å². The van der Waals surface area contributed by atoms with Crippen LogP contribution in [0.15, 0.2) is 23.1 Å². The van der Waals surface area contributed by atoms with Crippen LogP contribution in [0, 0.1) is 19.8 Å². The second-order valence-electron chi connectivity index (χ2n) is 7.27. The van der Waals surface area contributed by atoms with Crippen LogP contribution in [0.25, 0.3) is 0 Å². The fraction of sp³-hybridized carbons (Fsp3) is 0.650. The average Bonchev–Trinajstić information content (AvgIpc) is 2.60. The van der Waals surface area contributed by atoms with Gasteiger partial charge < -0.3 is 4.90 Å². The highest BCUT2D eigenvalue weighted by atomic mass is 32.2. The summed E-state index contributed by atoms with van der Waals surface area (Å²) in [6.07, 6.45) is 3.11. The zero-order valence-electron chi connectivity index (χ0n) is 16.5. The zero-order valence-corrected chi connectivity index (χ0v) is 17.3. The van der Waals surface area contributed by atoms with Gasteiger partial charge >= 0.3 is 0 Å². The van der Waals surface area contributed by atoms with Gasteiger partial charge in [0.1, 0.15) is 0 Å². The van der Waals surface area contributed by atoms with Crippen molar-refractivity contribution in [2.75, 3.05) is 26.2 Å². The van der Waals surface area contributed by atoms with Gasteiger partial charge in [-0.25, -0.2) is 8.42 Å². The number of amides is 1. The minimum absolute atomic E-state index is 0.0568. The molecule has 146 valence electrons. The SMILES string of the molecule is CCCN(CCC)C(=O)C1CCN(S(=O)(=O)c2ccc(C)cc2C)CC1. The van der Waals surface area contributed by atoms with E-state index in [1.807, 2.05) is 30.9 Å². The van der Waals surface area contributed by atoms with Crippen LogP contribution in [0.1, 0.15) is 50.7 Å². The molecule has 0 aliphatic carbocycles. The Morgan fingerprint density at radius 2 is 1.69 bits per heavy atom. The lowest BCUT2D eigenvalue weighted by atomic mass is 9.96. The summed E-state index contributed by atoms with van der Waals surface area (Å²) >= 11 is 0. The Balaban J connectivity index is 2.06. The largest absolute Gasteiger partial charge is 0.342 e. The quantitative estimate of drug-likeness (QED) is 0.729. The number of sulfonamides is 1. The molecule has 1 aliphatic heterocycles. The topological polar surface area (TPSA) is 57.7 Å². The summed E-state index contributed by atoms with van der Waals surface area (Å²) < 4.78 is 27.5. The highest BCUT2D eigenvalue weighted by molar-refractivity contribution is 7.89.